The van der Waals surface area contributed by atoms with Crippen LogP contribution in [0.2, 0.25) is 0 Å². The van der Waals surface area contributed by atoms with Gasteiger partial charge < -0.3 is 20.3 Å². The number of aliphatic imine (C=N–C) groups is 1. The summed E-state index contributed by atoms with van der Waals surface area (Å²) in [5.41, 5.74) is 1.94. The Labute approximate surface area is 198 Å². The summed E-state index contributed by atoms with van der Waals surface area (Å²) < 4.78 is 31.8. The highest BCUT2D eigenvalue weighted by Crippen LogP contribution is 2.21. The molecule has 2 aromatic carbocycles. The second kappa shape index (κ2) is 12.4. The third-order valence-corrected chi connectivity index (χ3v) is 4.63. The lowest BCUT2D eigenvalue weighted by molar-refractivity contribution is -0.117. The molecule has 1 saturated heterocycles. The fraction of sp³-hybridized carbons (Fsp3) is 0.364. The molecular weight excluding hydrogens is 517 g/mol. The average Bonchev–Trinajstić information content (AvgIpc) is 3.17. The van der Waals surface area contributed by atoms with Crippen molar-refractivity contribution in [2.45, 2.75) is 26.3 Å². The highest BCUT2D eigenvalue weighted by atomic mass is 127. The standard InChI is InChI=1S/C22H26F2N4O2.HI/c1-2-25-22(26-11-13-30-20-10-7-17(23)14-19(20)24)27-15-16-5-8-18(9-6-16)28-12-3-4-21(28)29;/h5-10,14H,2-4,11-13,15H2,1H3,(H2,25,26,27);1H. The molecule has 6 nitrogen and oxygen atoms in total. The Kier molecular flexibility index (Phi) is 9.96. The van der Waals surface area contributed by atoms with Crippen molar-refractivity contribution in [3.63, 3.8) is 0 Å². The smallest absolute Gasteiger partial charge is 0.227 e. The first-order chi connectivity index (χ1) is 14.6. The number of nitrogens with zero attached hydrogens (tertiary/aromatic N) is 2. The Balaban J connectivity index is 0.00000341. The minimum Gasteiger partial charge on any atom is -0.489 e. The normalized spacial score (nSPS) is 13.7. The third kappa shape index (κ3) is 7.34. The zero-order valence-corrected chi connectivity index (χ0v) is 19.7. The number of hydrogen-bond acceptors (Lipinski definition) is 3. The van der Waals surface area contributed by atoms with Crippen LogP contribution in [0.15, 0.2) is 47.5 Å². The Morgan fingerprint density at radius 3 is 2.58 bits per heavy atom. The Morgan fingerprint density at radius 1 is 1.16 bits per heavy atom. The van der Waals surface area contributed by atoms with Crippen LogP contribution in [0.4, 0.5) is 14.5 Å². The lowest BCUT2D eigenvalue weighted by Gasteiger charge is -2.16. The van der Waals surface area contributed by atoms with Crippen LogP contribution in [0.25, 0.3) is 0 Å². The van der Waals surface area contributed by atoms with Crippen LogP contribution in [0.3, 0.4) is 0 Å². The van der Waals surface area contributed by atoms with Crippen molar-refractivity contribution >= 4 is 41.5 Å². The molecule has 1 fully saturated rings. The number of carbonyl (C=O) groups excluding carboxylic acids is 1. The zero-order chi connectivity index (χ0) is 21.3. The molecule has 0 radical (unpaired) electrons. The van der Waals surface area contributed by atoms with E-state index in [1.807, 2.05) is 36.1 Å². The van der Waals surface area contributed by atoms with Gasteiger partial charge in [-0.3, -0.25) is 4.79 Å². The van der Waals surface area contributed by atoms with E-state index < -0.39 is 11.6 Å². The van der Waals surface area contributed by atoms with Crippen molar-refractivity contribution in [1.29, 1.82) is 0 Å². The van der Waals surface area contributed by atoms with Crippen molar-refractivity contribution in [3.05, 3.63) is 59.7 Å². The van der Waals surface area contributed by atoms with Gasteiger partial charge in [-0.25, -0.2) is 13.8 Å². The Hall–Kier alpha value is -2.43. The van der Waals surface area contributed by atoms with Crippen LogP contribution in [-0.4, -0.2) is 38.1 Å². The van der Waals surface area contributed by atoms with Crippen molar-refractivity contribution in [1.82, 2.24) is 10.6 Å². The summed E-state index contributed by atoms with van der Waals surface area (Å²) >= 11 is 0. The summed E-state index contributed by atoms with van der Waals surface area (Å²) in [5, 5.41) is 6.26. The maximum Gasteiger partial charge on any atom is 0.227 e. The van der Waals surface area contributed by atoms with E-state index in [9.17, 15) is 13.6 Å². The summed E-state index contributed by atoms with van der Waals surface area (Å²) in [6, 6.07) is 11.0. The molecule has 0 aliphatic carbocycles. The number of guanidine groups is 1. The maximum atomic E-state index is 13.6. The van der Waals surface area contributed by atoms with Gasteiger partial charge in [0.05, 0.1) is 13.1 Å². The van der Waals surface area contributed by atoms with Crippen molar-refractivity contribution in [2.24, 2.45) is 4.99 Å². The Morgan fingerprint density at radius 2 is 1.94 bits per heavy atom. The molecule has 0 aromatic heterocycles. The van der Waals surface area contributed by atoms with E-state index in [1.54, 1.807) is 0 Å². The van der Waals surface area contributed by atoms with Crippen molar-refractivity contribution in [2.75, 3.05) is 31.1 Å². The predicted octanol–water partition coefficient (Wildman–Crippen LogP) is 3.84. The van der Waals surface area contributed by atoms with E-state index in [2.05, 4.69) is 15.6 Å². The van der Waals surface area contributed by atoms with Crippen LogP contribution in [0, 0.1) is 11.6 Å². The molecule has 3 rings (SSSR count). The highest BCUT2D eigenvalue weighted by molar-refractivity contribution is 14.0. The van der Waals surface area contributed by atoms with E-state index in [1.165, 1.54) is 6.07 Å². The van der Waals surface area contributed by atoms with Gasteiger partial charge in [-0.1, -0.05) is 12.1 Å². The van der Waals surface area contributed by atoms with Crippen LogP contribution in [0.1, 0.15) is 25.3 Å². The minimum absolute atomic E-state index is 0. The quantitative estimate of drug-likeness (QED) is 0.230. The molecular formula is C22H27F2IN4O2. The number of ether oxygens (including phenoxy) is 1. The number of rotatable bonds is 8. The second-order valence-corrected chi connectivity index (χ2v) is 6.86. The average molecular weight is 544 g/mol. The van der Waals surface area contributed by atoms with Crippen molar-refractivity contribution in [3.8, 4) is 5.75 Å². The monoisotopic (exact) mass is 544 g/mol. The molecule has 0 saturated carbocycles. The molecule has 2 aromatic rings. The molecule has 0 bridgehead atoms. The fourth-order valence-electron chi connectivity index (χ4n) is 3.14. The number of nitrogens with one attached hydrogen (secondary N) is 2. The number of anilines is 1. The van der Waals surface area contributed by atoms with E-state index in [4.69, 9.17) is 4.74 Å². The van der Waals surface area contributed by atoms with E-state index in [0.717, 1.165) is 36.3 Å². The first-order valence-corrected chi connectivity index (χ1v) is 10.1. The van der Waals surface area contributed by atoms with Gasteiger partial charge in [-0.05, 0) is 43.2 Å². The summed E-state index contributed by atoms with van der Waals surface area (Å²) in [6.07, 6.45) is 1.52. The molecule has 9 heteroatoms. The van der Waals surface area contributed by atoms with E-state index >= 15 is 0 Å². The van der Waals surface area contributed by atoms with E-state index in [-0.39, 0.29) is 42.2 Å². The molecule has 0 spiro atoms. The first-order valence-electron chi connectivity index (χ1n) is 10.1. The number of benzene rings is 2. The van der Waals surface area contributed by atoms with Gasteiger partial charge >= 0.3 is 0 Å². The highest BCUT2D eigenvalue weighted by Gasteiger charge is 2.21. The molecule has 1 aliphatic heterocycles. The van der Waals surface area contributed by atoms with Gasteiger partial charge in [-0.15, -0.1) is 24.0 Å². The summed E-state index contributed by atoms with van der Waals surface area (Å²) in [6.45, 7) is 4.49. The molecule has 0 unspecified atom stereocenters. The number of halogens is 3. The molecule has 1 amide bonds. The lowest BCUT2D eigenvalue weighted by atomic mass is 10.2. The largest absolute Gasteiger partial charge is 0.489 e. The molecule has 2 N–H and O–H groups in total. The number of carbonyl (C=O) groups is 1. The molecule has 31 heavy (non-hydrogen) atoms. The summed E-state index contributed by atoms with van der Waals surface area (Å²) in [5.74, 6) is -0.576. The first kappa shape index (κ1) is 24.8. The fourth-order valence-corrected chi connectivity index (χ4v) is 3.14. The van der Waals surface area contributed by atoms with Gasteiger partial charge in [0, 0.05) is 31.3 Å². The topological polar surface area (TPSA) is 66.0 Å². The summed E-state index contributed by atoms with van der Waals surface area (Å²) in [7, 11) is 0. The van der Waals surface area contributed by atoms with E-state index in [0.29, 0.717) is 32.0 Å². The third-order valence-electron chi connectivity index (χ3n) is 4.63. The van der Waals surface area contributed by atoms with Crippen LogP contribution in [-0.2, 0) is 11.3 Å². The Bertz CT molecular complexity index is 894. The minimum atomic E-state index is -0.727. The predicted molar refractivity (Wildman–Crippen MR) is 128 cm³/mol. The van der Waals surface area contributed by atoms with Gasteiger partial charge in [0.15, 0.2) is 17.5 Å². The van der Waals surface area contributed by atoms with Crippen molar-refractivity contribution < 1.29 is 18.3 Å². The van der Waals surface area contributed by atoms with Gasteiger partial charge in [0.2, 0.25) is 5.91 Å². The second-order valence-electron chi connectivity index (χ2n) is 6.86. The molecule has 1 aliphatic rings. The SMILES string of the molecule is CCNC(=NCc1ccc(N2CCCC2=O)cc1)NCCOc1ccc(F)cc1F.I. The molecule has 0 atom stereocenters. The van der Waals surface area contributed by atoms with Gasteiger partial charge in [-0.2, -0.15) is 0 Å². The lowest BCUT2D eigenvalue weighted by Crippen LogP contribution is -2.39. The molecule has 1 heterocycles. The summed E-state index contributed by atoms with van der Waals surface area (Å²) in [4.78, 5) is 18.2. The zero-order valence-electron chi connectivity index (χ0n) is 17.4. The maximum absolute atomic E-state index is 13.6. The van der Waals surface area contributed by atoms with Gasteiger partial charge in [0.25, 0.3) is 0 Å². The number of amides is 1. The van der Waals surface area contributed by atoms with Crippen LogP contribution >= 0.6 is 24.0 Å². The van der Waals surface area contributed by atoms with Crippen LogP contribution in [0.5, 0.6) is 5.75 Å². The molecule has 168 valence electrons. The number of hydrogen-bond donors (Lipinski definition) is 2. The van der Waals surface area contributed by atoms with Crippen LogP contribution < -0.4 is 20.3 Å². The van der Waals surface area contributed by atoms with Gasteiger partial charge in [0.1, 0.15) is 12.4 Å².